The highest BCUT2D eigenvalue weighted by Gasteiger charge is 2.67. The van der Waals surface area contributed by atoms with Crippen LogP contribution in [0.25, 0.3) is 0 Å². The summed E-state index contributed by atoms with van der Waals surface area (Å²) in [6.45, 7) is 5.02. The molecule has 5 rings (SSSR count). The summed E-state index contributed by atoms with van der Waals surface area (Å²) in [6, 6.07) is 0.274. The van der Waals surface area contributed by atoms with Gasteiger partial charge in [-0.1, -0.05) is 43.0 Å². The molecular formula is C22H30N4O4. The topological polar surface area (TPSA) is 88.8 Å². The molecular weight excluding hydrogens is 384 g/mol. The second kappa shape index (κ2) is 7.48. The fourth-order valence-corrected chi connectivity index (χ4v) is 5.81. The van der Waals surface area contributed by atoms with Crippen molar-refractivity contribution in [3.63, 3.8) is 0 Å². The average Bonchev–Trinajstić information content (AvgIpc) is 3.43. The first-order valence-corrected chi connectivity index (χ1v) is 11.3. The van der Waals surface area contributed by atoms with Crippen molar-refractivity contribution < 1.29 is 18.8 Å². The summed E-state index contributed by atoms with van der Waals surface area (Å²) in [5.41, 5.74) is -0.644. The molecule has 4 aliphatic rings. The van der Waals surface area contributed by atoms with Crippen LogP contribution in [0.3, 0.4) is 0 Å². The maximum atomic E-state index is 13.6. The third kappa shape index (κ3) is 3.07. The van der Waals surface area contributed by atoms with Crippen LogP contribution in [0.4, 0.5) is 0 Å². The molecule has 162 valence electrons. The SMILES string of the molecule is CCN(Cc1nc(C)no1)C(=O)[C@@H]1[C@@H]2C=C[C@@]3(CN(C4CCCCCC4)C(=O)[C@H]13)O2. The molecule has 30 heavy (non-hydrogen) atoms. The van der Waals surface area contributed by atoms with E-state index in [4.69, 9.17) is 9.26 Å². The Morgan fingerprint density at radius 3 is 2.73 bits per heavy atom. The molecule has 2 amide bonds. The van der Waals surface area contributed by atoms with E-state index in [0.717, 1.165) is 12.8 Å². The second-order valence-corrected chi connectivity index (χ2v) is 9.10. The Morgan fingerprint density at radius 1 is 1.30 bits per heavy atom. The van der Waals surface area contributed by atoms with Crippen LogP contribution in [0.15, 0.2) is 16.7 Å². The van der Waals surface area contributed by atoms with Crippen LogP contribution in [0.2, 0.25) is 0 Å². The van der Waals surface area contributed by atoms with Crippen molar-refractivity contribution in [2.45, 2.75) is 76.7 Å². The van der Waals surface area contributed by atoms with Gasteiger partial charge in [0.15, 0.2) is 5.82 Å². The van der Waals surface area contributed by atoms with Crippen molar-refractivity contribution in [2.75, 3.05) is 13.1 Å². The lowest BCUT2D eigenvalue weighted by atomic mass is 9.76. The molecule has 4 heterocycles. The Morgan fingerprint density at radius 2 is 2.07 bits per heavy atom. The van der Waals surface area contributed by atoms with E-state index in [1.807, 2.05) is 24.0 Å². The zero-order valence-electron chi connectivity index (χ0n) is 17.7. The summed E-state index contributed by atoms with van der Waals surface area (Å²) in [7, 11) is 0. The average molecular weight is 415 g/mol. The highest BCUT2D eigenvalue weighted by molar-refractivity contribution is 5.93. The maximum absolute atomic E-state index is 13.6. The van der Waals surface area contributed by atoms with Crippen molar-refractivity contribution in [3.8, 4) is 0 Å². The van der Waals surface area contributed by atoms with Crippen molar-refractivity contribution in [1.29, 1.82) is 0 Å². The van der Waals surface area contributed by atoms with Crippen LogP contribution >= 0.6 is 0 Å². The van der Waals surface area contributed by atoms with Gasteiger partial charge in [-0.05, 0) is 26.7 Å². The van der Waals surface area contributed by atoms with Crippen LogP contribution in [0.5, 0.6) is 0 Å². The zero-order chi connectivity index (χ0) is 20.9. The smallest absolute Gasteiger partial charge is 0.246 e. The van der Waals surface area contributed by atoms with Gasteiger partial charge < -0.3 is 19.1 Å². The zero-order valence-corrected chi connectivity index (χ0v) is 17.7. The van der Waals surface area contributed by atoms with Crippen molar-refractivity contribution >= 4 is 11.8 Å². The summed E-state index contributed by atoms with van der Waals surface area (Å²) >= 11 is 0. The second-order valence-electron chi connectivity index (χ2n) is 9.10. The molecule has 1 spiro atoms. The number of hydrogen-bond donors (Lipinski definition) is 0. The number of ether oxygens (including phenoxy) is 1. The van der Waals surface area contributed by atoms with Gasteiger partial charge in [0.1, 0.15) is 5.60 Å². The molecule has 0 unspecified atom stereocenters. The minimum absolute atomic E-state index is 0.0642. The van der Waals surface area contributed by atoms with Crippen molar-refractivity contribution in [1.82, 2.24) is 19.9 Å². The fourth-order valence-electron chi connectivity index (χ4n) is 5.81. The minimum atomic E-state index is -0.644. The Hall–Kier alpha value is -2.22. The Kier molecular flexibility index (Phi) is 4.92. The van der Waals surface area contributed by atoms with E-state index in [2.05, 4.69) is 10.1 Å². The van der Waals surface area contributed by atoms with Gasteiger partial charge in [-0.25, -0.2) is 0 Å². The van der Waals surface area contributed by atoms with E-state index >= 15 is 0 Å². The van der Waals surface area contributed by atoms with Crippen LogP contribution in [-0.2, 0) is 20.9 Å². The number of amides is 2. The number of fused-ring (bicyclic) bond motifs is 1. The lowest BCUT2D eigenvalue weighted by Crippen LogP contribution is -2.46. The third-order valence-electron chi connectivity index (χ3n) is 7.27. The molecule has 2 saturated heterocycles. The third-order valence-corrected chi connectivity index (χ3v) is 7.27. The van der Waals surface area contributed by atoms with Gasteiger partial charge in [0, 0.05) is 12.6 Å². The molecule has 1 saturated carbocycles. The first kappa shape index (κ1) is 19.7. The number of hydrogen-bond acceptors (Lipinski definition) is 6. The predicted molar refractivity (Wildman–Crippen MR) is 107 cm³/mol. The lowest BCUT2D eigenvalue weighted by Gasteiger charge is -2.30. The Bertz CT molecular complexity index is 859. The van der Waals surface area contributed by atoms with E-state index in [1.165, 1.54) is 25.7 Å². The molecule has 8 nitrogen and oxygen atoms in total. The predicted octanol–water partition coefficient (Wildman–Crippen LogP) is 2.23. The first-order valence-electron chi connectivity index (χ1n) is 11.3. The van der Waals surface area contributed by atoms with Gasteiger partial charge in [0.05, 0.1) is 31.0 Å². The summed E-state index contributed by atoms with van der Waals surface area (Å²) < 4.78 is 11.5. The van der Waals surface area contributed by atoms with Crippen molar-refractivity contribution in [2.24, 2.45) is 11.8 Å². The quantitative estimate of drug-likeness (QED) is 0.542. The molecule has 1 aromatic rings. The van der Waals surface area contributed by atoms with Gasteiger partial charge >= 0.3 is 0 Å². The summed E-state index contributed by atoms with van der Waals surface area (Å²) in [5.74, 6) is 0.0740. The molecule has 3 fully saturated rings. The van der Waals surface area contributed by atoms with Crippen LogP contribution < -0.4 is 0 Å². The largest absolute Gasteiger partial charge is 0.360 e. The van der Waals surface area contributed by atoms with Gasteiger partial charge in [-0.3, -0.25) is 9.59 Å². The number of carbonyl (C=O) groups is 2. The molecule has 8 heteroatoms. The molecule has 0 radical (unpaired) electrons. The number of nitrogens with zero attached hydrogens (tertiary/aromatic N) is 4. The molecule has 3 aliphatic heterocycles. The van der Waals surface area contributed by atoms with Crippen LogP contribution in [0, 0.1) is 18.8 Å². The van der Waals surface area contributed by atoms with E-state index in [1.54, 1.807) is 11.8 Å². The van der Waals surface area contributed by atoms with E-state index < -0.39 is 17.4 Å². The normalized spacial score (nSPS) is 33.2. The van der Waals surface area contributed by atoms with Crippen LogP contribution in [0.1, 0.15) is 57.2 Å². The van der Waals surface area contributed by atoms with Gasteiger partial charge in [-0.2, -0.15) is 4.98 Å². The maximum Gasteiger partial charge on any atom is 0.246 e. The van der Waals surface area contributed by atoms with Gasteiger partial charge in [-0.15, -0.1) is 0 Å². The molecule has 0 aromatic carbocycles. The number of carbonyl (C=O) groups excluding carboxylic acids is 2. The van der Waals surface area contributed by atoms with Crippen LogP contribution in [-0.4, -0.2) is 62.6 Å². The van der Waals surface area contributed by atoms with Gasteiger partial charge in [0.25, 0.3) is 0 Å². The number of aromatic nitrogens is 2. The summed E-state index contributed by atoms with van der Waals surface area (Å²) in [4.78, 5) is 35.1. The minimum Gasteiger partial charge on any atom is -0.360 e. The molecule has 4 atom stereocenters. The van der Waals surface area contributed by atoms with E-state index in [9.17, 15) is 9.59 Å². The lowest BCUT2D eigenvalue weighted by molar-refractivity contribution is -0.144. The van der Waals surface area contributed by atoms with E-state index in [0.29, 0.717) is 24.8 Å². The Labute approximate surface area is 176 Å². The number of aryl methyl sites for hydroxylation is 1. The molecule has 1 aromatic heterocycles. The molecule has 1 aliphatic carbocycles. The highest BCUT2D eigenvalue weighted by Crippen LogP contribution is 2.53. The monoisotopic (exact) mass is 414 g/mol. The van der Waals surface area contributed by atoms with E-state index in [-0.39, 0.29) is 30.5 Å². The van der Waals surface area contributed by atoms with Crippen molar-refractivity contribution in [3.05, 3.63) is 23.9 Å². The molecule has 0 N–H and O–H groups in total. The van der Waals surface area contributed by atoms with Gasteiger partial charge in [0.2, 0.25) is 17.7 Å². The number of rotatable bonds is 5. The molecule has 2 bridgehead atoms. The standard InChI is InChI=1S/C22H30N4O4/c1-3-25(12-17-23-14(2)24-30-17)20(27)18-16-10-11-22(29-16)13-26(21(28)19(18)22)15-8-6-4-5-7-9-15/h10-11,15-16,18-19H,3-9,12-13H2,1-2H3/t16-,18+,19-,22-/m0/s1. The fraction of sp³-hybridized carbons (Fsp3) is 0.727. The first-order chi connectivity index (χ1) is 14.5. The summed E-state index contributed by atoms with van der Waals surface area (Å²) in [6.07, 6.45) is 10.6. The Balaban J connectivity index is 1.38. The number of likely N-dealkylation sites (tertiary alicyclic amines) is 1. The summed E-state index contributed by atoms with van der Waals surface area (Å²) in [5, 5.41) is 3.81. The highest BCUT2D eigenvalue weighted by atomic mass is 16.5.